The second kappa shape index (κ2) is 14.0. The number of rotatable bonds is 7. The minimum atomic E-state index is -0.279. The van der Waals surface area contributed by atoms with E-state index in [1.165, 1.54) is 16.7 Å². The van der Waals surface area contributed by atoms with Gasteiger partial charge in [0.25, 0.3) is 0 Å². The van der Waals surface area contributed by atoms with E-state index in [4.69, 9.17) is 9.84 Å². The van der Waals surface area contributed by atoms with Crippen LogP contribution in [0.3, 0.4) is 0 Å². The second-order valence-electron chi connectivity index (χ2n) is 9.15. The van der Waals surface area contributed by atoms with Crippen molar-refractivity contribution >= 4 is 11.8 Å². The van der Waals surface area contributed by atoms with Crippen molar-refractivity contribution in [3.05, 3.63) is 46.7 Å². The minimum Gasteiger partial charge on any atom is -0.446 e. The van der Waals surface area contributed by atoms with Gasteiger partial charge in [-0.2, -0.15) is 5.10 Å². The molecule has 2 atom stereocenters. The normalized spacial score (nSPS) is 20.4. The fourth-order valence-corrected chi connectivity index (χ4v) is 4.44. The van der Waals surface area contributed by atoms with Gasteiger partial charge in [0.2, 0.25) is 0 Å². The lowest BCUT2D eigenvalue weighted by molar-refractivity contribution is 0.0832. The van der Waals surface area contributed by atoms with Gasteiger partial charge in [0.15, 0.2) is 0 Å². The maximum atomic E-state index is 12.2. The van der Waals surface area contributed by atoms with Crippen LogP contribution in [0.25, 0.3) is 0 Å². The maximum absolute atomic E-state index is 12.2. The van der Waals surface area contributed by atoms with Crippen LogP contribution in [0, 0.1) is 11.8 Å². The quantitative estimate of drug-likeness (QED) is 0.489. The molecule has 3 rings (SSSR count). The Morgan fingerprint density at radius 2 is 1.91 bits per heavy atom. The molecule has 1 aromatic carbocycles. The number of alkyl carbamates (subject to hydrolysis) is 1. The summed E-state index contributed by atoms with van der Waals surface area (Å²) >= 11 is 0. The first-order valence-electron chi connectivity index (χ1n) is 12.7. The van der Waals surface area contributed by atoms with Crippen molar-refractivity contribution in [2.24, 2.45) is 16.9 Å². The van der Waals surface area contributed by atoms with Gasteiger partial charge >= 0.3 is 6.09 Å². The largest absolute Gasteiger partial charge is 0.446 e. The van der Waals surface area contributed by atoms with Crippen molar-refractivity contribution in [1.82, 2.24) is 16.1 Å². The number of hydrogen-bond acceptors (Lipinski definition) is 5. The SMILES string of the molecule is CC.CNCc1ccc(C2=NNC(C)=C3CCC(OC(=O)NCCC(C)C)CCCC23)cc1. The Labute approximate surface area is 200 Å². The molecule has 0 bridgehead atoms. The molecule has 0 aromatic heterocycles. The average Bonchev–Trinajstić information content (AvgIpc) is 2.78. The molecule has 2 aliphatic rings. The number of carbonyl (C=O) groups excluding carboxylic acids is 1. The molecule has 1 fully saturated rings. The van der Waals surface area contributed by atoms with Gasteiger partial charge in [0, 0.05) is 24.7 Å². The summed E-state index contributed by atoms with van der Waals surface area (Å²) in [5.41, 5.74) is 9.37. The molecule has 6 nitrogen and oxygen atoms in total. The van der Waals surface area contributed by atoms with Crippen LogP contribution in [0.1, 0.15) is 84.3 Å². The molecular formula is C27H44N4O2. The lowest BCUT2D eigenvalue weighted by Crippen LogP contribution is -2.33. The van der Waals surface area contributed by atoms with Crippen LogP contribution in [0.2, 0.25) is 0 Å². The van der Waals surface area contributed by atoms with Crippen LogP contribution in [0.4, 0.5) is 4.79 Å². The fraction of sp³-hybridized carbons (Fsp3) is 0.630. The Kier molecular flexibility index (Phi) is 11.4. The van der Waals surface area contributed by atoms with E-state index < -0.39 is 0 Å². The number of amides is 1. The van der Waals surface area contributed by atoms with Gasteiger partial charge < -0.3 is 15.4 Å². The van der Waals surface area contributed by atoms with Crippen molar-refractivity contribution in [2.45, 2.75) is 85.8 Å². The number of nitrogens with one attached hydrogen (secondary N) is 3. The highest BCUT2D eigenvalue weighted by Gasteiger charge is 2.30. The highest BCUT2D eigenvalue weighted by atomic mass is 16.6. The molecule has 184 valence electrons. The highest BCUT2D eigenvalue weighted by Crippen LogP contribution is 2.35. The van der Waals surface area contributed by atoms with Gasteiger partial charge in [-0.3, -0.25) is 5.43 Å². The van der Waals surface area contributed by atoms with Gasteiger partial charge in [-0.05, 0) is 75.1 Å². The summed E-state index contributed by atoms with van der Waals surface area (Å²) in [5, 5.41) is 10.8. The minimum absolute atomic E-state index is 0.0246. The average molecular weight is 457 g/mol. The first-order chi connectivity index (χ1) is 16.0. The number of ether oxygens (including phenoxy) is 1. The second-order valence-corrected chi connectivity index (χ2v) is 9.15. The van der Waals surface area contributed by atoms with Crippen LogP contribution >= 0.6 is 0 Å². The van der Waals surface area contributed by atoms with E-state index >= 15 is 0 Å². The standard InChI is InChI=1S/C25H38N4O2.C2H6/c1-17(2)14-15-27-25(30)31-21-6-5-7-23-22(13-12-21)18(3)28-29-24(23)20-10-8-19(9-11-20)16-26-4;1-2/h8-11,17,21,23,26,28H,5-7,12-16H2,1-4H3,(H,27,30);1-2H3. The predicted octanol–water partition coefficient (Wildman–Crippen LogP) is 5.73. The van der Waals surface area contributed by atoms with E-state index in [2.05, 4.69) is 61.1 Å². The summed E-state index contributed by atoms with van der Waals surface area (Å²) in [5.74, 6) is 0.903. The molecule has 2 unspecified atom stereocenters. The van der Waals surface area contributed by atoms with Gasteiger partial charge in [0.1, 0.15) is 6.10 Å². The number of fused-ring (bicyclic) bond motifs is 1. The molecule has 1 aliphatic heterocycles. The smallest absolute Gasteiger partial charge is 0.407 e. The molecule has 6 heteroatoms. The highest BCUT2D eigenvalue weighted by molar-refractivity contribution is 6.04. The topological polar surface area (TPSA) is 74.8 Å². The number of allylic oxidation sites excluding steroid dienone is 2. The van der Waals surface area contributed by atoms with E-state index in [1.807, 2.05) is 20.9 Å². The summed E-state index contributed by atoms with van der Waals surface area (Å²) in [4.78, 5) is 12.2. The van der Waals surface area contributed by atoms with Gasteiger partial charge in [0.05, 0.1) is 5.71 Å². The lowest BCUT2D eigenvalue weighted by Gasteiger charge is -2.32. The summed E-state index contributed by atoms with van der Waals surface area (Å²) in [6, 6.07) is 8.70. The van der Waals surface area contributed by atoms with E-state index in [-0.39, 0.29) is 12.2 Å². The van der Waals surface area contributed by atoms with Crippen LogP contribution < -0.4 is 16.1 Å². The van der Waals surface area contributed by atoms with Gasteiger partial charge in [-0.15, -0.1) is 0 Å². The molecule has 1 heterocycles. The third-order valence-electron chi connectivity index (χ3n) is 6.23. The zero-order chi connectivity index (χ0) is 24.2. The first kappa shape index (κ1) is 26.9. The molecule has 1 aliphatic carbocycles. The Morgan fingerprint density at radius 1 is 1.18 bits per heavy atom. The van der Waals surface area contributed by atoms with Crippen molar-refractivity contribution in [1.29, 1.82) is 0 Å². The maximum Gasteiger partial charge on any atom is 0.407 e. The van der Waals surface area contributed by atoms with Gasteiger partial charge in [-0.1, -0.05) is 52.0 Å². The summed E-state index contributed by atoms with van der Waals surface area (Å²) in [6.07, 6.45) is 5.39. The Bertz CT molecular complexity index is 799. The Balaban J connectivity index is 0.00000187. The van der Waals surface area contributed by atoms with Crippen molar-refractivity contribution < 1.29 is 9.53 Å². The zero-order valence-corrected chi connectivity index (χ0v) is 21.5. The van der Waals surface area contributed by atoms with Crippen LogP contribution in [-0.4, -0.2) is 31.5 Å². The Hall–Kier alpha value is -2.34. The van der Waals surface area contributed by atoms with E-state index in [9.17, 15) is 4.79 Å². The van der Waals surface area contributed by atoms with Gasteiger partial charge in [-0.25, -0.2) is 4.79 Å². The monoisotopic (exact) mass is 456 g/mol. The third kappa shape index (κ3) is 8.18. The van der Waals surface area contributed by atoms with Crippen molar-refractivity contribution in [3.8, 4) is 0 Å². The Morgan fingerprint density at radius 3 is 2.58 bits per heavy atom. The number of hydrogen-bond donors (Lipinski definition) is 3. The van der Waals surface area contributed by atoms with Crippen molar-refractivity contribution in [2.75, 3.05) is 13.6 Å². The number of benzene rings is 1. The number of hydrazone groups is 1. The van der Waals surface area contributed by atoms with E-state index in [0.29, 0.717) is 18.4 Å². The fourth-order valence-electron chi connectivity index (χ4n) is 4.44. The zero-order valence-electron chi connectivity index (χ0n) is 21.5. The molecule has 1 saturated carbocycles. The molecule has 0 radical (unpaired) electrons. The van der Waals surface area contributed by atoms with Crippen LogP contribution in [0.15, 0.2) is 40.6 Å². The molecular weight excluding hydrogens is 412 g/mol. The summed E-state index contributed by atoms with van der Waals surface area (Å²) < 4.78 is 5.74. The molecule has 1 amide bonds. The van der Waals surface area contributed by atoms with Crippen molar-refractivity contribution in [3.63, 3.8) is 0 Å². The summed E-state index contributed by atoms with van der Waals surface area (Å²) in [6.45, 7) is 12.0. The lowest BCUT2D eigenvalue weighted by atomic mass is 9.79. The number of carbonyl (C=O) groups is 1. The molecule has 1 aromatic rings. The molecule has 0 spiro atoms. The first-order valence-corrected chi connectivity index (χ1v) is 12.7. The molecule has 33 heavy (non-hydrogen) atoms. The van der Waals surface area contributed by atoms with E-state index in [0.717, 1.165) is 56.5 Å². The van der Waals surface area contributed by atoms with E-state index in [1.54, 1.807) is 0 Å². The predicted molar refractivity (Wildman–Crippen MR) is 137 cm³/mol. The molecule has 3 N–H and O–H groups in total. The number of nitrogens with zero attached hydrogens (tertiary/aromatic N) is 1. The molecule has 0 saturated heterocycles. The van der Waals surface area contributed by atoms with Crippen LogP contribution in [0.5, 0.6) is 0 Å². The van der Waals surface area contributed by atoms with Crippen LogP contribution in [-0.2, 0) is 11.3 Å². The summed E-state index contributed by atoms with van der Waals surface area (Å²) in [7, 11) is 1.96. The third-order valence-corrected chi connectivity index (χ3v) is 6.23.